The van der Waals surface area contributed by atoms with Crippen LogP contribution in [0.2, 0.25) is 0 Å². The Labute approximate surface area is 210 Å². The van der Waals surface area contributed by atoms with E-state index in [4.69, 9.17) is 0 Å². The van der Waals surface area contributed by atoms with Gasteiger partial charge in [-0.15, -0.1) is 5.10 Å². The Morgan fingerprint density at radius 3 is 1.94 bits per heavy atom. The molecule has 0 aliphatic carbocycles. The summed E-state index contributed by atoms with van der Waals surface area (Å²) in [6, 6.07) is 35.6. The summed E-state index contributed by atoms with van der Waals surface area (Å²) < 4.78 is 2.97. The molecule has 0 bridgehead atoms. The highest BCUT2D eigenvalue weighted by molar-refractivity contribution is 7.23. The van der Waals surface area contributed by atoms with Crippen LogP contribution < -0.4 is 5.56 Å². The molecule has 7 rings (SSSR count). The standard InChI is InChI=1S/C30H18N4OS/c35-29-25-13-14-31-33-28(25)34-26-18-21(11-12-27(26)36-30(34)32-29)24-16-22(19-7-3-1-4-8-19)15-23(17-24)20-9-5-2-6-10-20/h1-18H. The summed E-state index contributed by atoms with van der Waals surface area (Å²) in [4.78, 5) is 17.4. The monoisotopic (exact) mass is 482 g/mol. The lowest BCUT2D eigenvalue weighted by molar-refractivity contribution is 1.03. The molecular formula is C30H18N4OS. The second-order valence-corrected chi connectivity index (χ2v) is 9.63. The zero-order valence-electron chi connectivity index (χ0n) is 19.0. The molecule has 0 aliphatic rings. The van der Waals surface area contributed by atoms with E-state index in [0.29, 0.717) is 16.0 Å². The molecule has 0 radical (unpaired) electrons. The maximum atomic E-state index is 12.5. The summed E-state index contributed by atoms with van der Waals surface area (Å²) in [5, 5.41) is 8.77. The van der Waals surface area contributed by atoms with E-state index in [-0.39, 0.29) is 5.56 Å². The normalized spacial score (nSPS) is 11.4. The van der Waals surface area contributed by atoms with Crippen LogP contribution in [0.15, 0.2) is 114 Å². The van der Waals surface area contributed by atoms with Crippen LogP contribution in [0, 0.1) is 0 Å². The molecule has 7 aromatic rings. The molecule has 0 spiro atoms. The lowest BCUT2D eigenvalue weighted by Crippen LogP contribution is -2.10. The van der Waals surface area contributed by atoms with Gasteiger partial charge in [0.2, 0.25) is 0 Å². The van der Waals surface area contributed by atoms with Crippen molar-refractivity contribution in [2.45, 2.75) is 0 Å². The Hall–Kier alpha value is -4.68. The van der Waals surface area contributed by atoms with Crippen LogP contribution in [0.25, 0.3) is 59.6 Å². The van der Waals surface area contributed by atoms with Gasteiger partial charge in [-0.2, -0.15) is 10.1 Å². The van der Waals surface area contributed by atoms with E-state index in [0.717, 1.165) is 32.5 Å². The molecule has 0 unspecified atom stereocenters. The summed E-state index contributed by atoms with van der Waals surface area (Å²) >= 11 is 1.48. The molecule has 3 heterocycles. The van der Waals surface area contributed by atoms with Gasteiger partial charge >= 0.3 is 0 Å². The first-order chi connectivity index (χ1) is 17.7. The molecule has 0 aliphatic heterocycles. The van der Waals surface area contributed by atoms with Gasteiger partial charge in [0.25, 0.3) is 5.56 Å². The highest BCUT2D eigenvalue weighted by atomic mass is 32.1. The minimum atomic E-state index is -0.283. The van der Waals surface area contributed by atoms with Gasteiger partial charge in [0.05, 0.1) is 21.8 Å². The molecular weight excluding hydrogens is 464 g/mol. The summed E-state index contributed by atoms with van der Waals surface area (Å²) in [5.74, 6) is 0. The smallest absolute Gasteiger partial charge is 0.267 e. The van der Waals surface area contributed by atoms with Crippen molar-refractivity contribution in [3.05, 3.63) is 120 Å². The third-order valence-electron chi connectivity index (χ3n) is 6.41. The van der Waals surface area contributed by atoms with Crippen LogP contribution in [0.4, 0.5) is 0 Å². The van der Waals surface area contributed by atoms with Crippen molar-refractivity contribution in [3.8, 4) is 33.4 Å². The number of fused-ring (bicyclic) bond motifs is 5. The van der Waals surface area contributed by atoms with Gasteiger partial charge < -0.3 is 0 Å². The summed E-state index contributed by atoms with van der Waals surface area (Å²) in [5.41, 5.74) is 8.04. The van der Waals surface area contributed by atoms with E-state index >= 15 is 0 Å². The first-order valence-electron chi connectivity index (χ1n) is 11.6. The predicted molar refractivity (Wildman–Crippen MR) is 146 cm³/mol. The Balaban J connectivity index is 1.49. The minimum Gasteiger partial charge on any atom is -0.267 e. The van der Waals surface area contributed by atoms with Gasteiger partial charge in [-0.05, 0) is 69.8 Å². The van der Waals surface area contributed by atoms with Crippen molar-refractivity contribution < 1.29 is 0 Å². The number of benzene rings is 4. The van der Waals surface area contributed by atoms with Gasteiger partial charge in [0, 0.05) is 0 Å². The van der Waals surface area contributed by atoms with E-state index in [1.165, 1.54) is 28.7 Å². The van der Waals surface area contributed by atoms with Crippen LogP contribution >= 0.6 is 11.3 Å². The fraction of sp³-hybridized carbons (Fsp3) is 0. The van der Waals surface area contributed by atoms with Gasteiger partial charge in [-0.1, -0.05) is 78.1 Å². The Morgan fingerprint density at radius 1 is 0.639 bits per heavy atom. The molecule has 36 heavy (non-hydrogen) atoms. The highest BCUT2D eigenvalue weighted by Gasteiger charge is 2.14. The number of rotatable bonds is 3. The van der Waals surface area contributed by atoms with Crippen LogP contribution in [0.5, 0.6) is 0 Å². The molecule has 4 aromatic carbocycles. The second-order valence-electron chi connectivity index (χ2n) is 8.62. The first-order valence-corrected chi connectivity index (χ1v) is 12.4. The molecule has 0 N–H and O–H groups in total. The quantitative estimate of drug-likeness (QED) is 0.276. The predicted octanol–water partition coefficient (Wildman–Crippen LogP) is 6.85. The minimum absolute atomic E-state index is 0.283. The Morgan fingerprint density at radius 2 is 1.28 bits per heavy atom. The average molecular weight is 483 g/mol. The number of hydrogen-bond acceptors (Lipinski definition) is 5. The lowest BCUT2D eigenvalue weighted by atomic mass is 9.93. The number of hydrogen-bond donors (Lipinski definition) is 0. The maximum absolute atomic E-state index is 12.5. The topological polar surface area (TPSA) is 60.2 Å². The number of aromatic nitrogens is 4. The molecule has 170 valence electrons. The third kappa shape index (κ3) is 3.39. The van der Waals surface area contributed by atoms with Crippen LogP contribution in [-0.4, -0.2) is 19.6 Å². The van der Waals surface area contributed by atoms with E-state index in [2.05, 4.69) is 100 Å². The van der Waals surface area contributed by atoms with Crippen LogP contribution in [-0.2, 0) is 0 Å². The molecule has 5 nitrogen and oxygen atoms in total. The molecule has 3 aromatic heterocycles. The van der Waals surface area contributed by atoms with E-state index in [1.54, 1.807) is 6.07 Å². The molecule has 0 amide bonds. The van der Waals surface area contributed by atoms with E-state index < -0.39 is 0 Å². The van der Waals surface area contributed by atoms with Crippen molar-refractivity contribution in [2.24, 2.45) is 0 Å². The molecule has 0 atom stereocenters. The number of nitrogens with zero attached hydrogens (tertiary/aromatic N) is 4. The molecule has 0 saturated carbocycles. The van der Waals surface area contributed by atoms with Crippen molar-refractivity contribution in [1.29, 1.82) is 0 Å². The third-order valence-corrected chi connectivity index (χ3v) is 7.44. The average Bonchev–Trinajstić information content (AvgIpc) is 3.31. The van der Waals surface area contributed by atoms with Crippen molar-refractivity contribution in [2.75, 3.05) is 0 Å². The van der Waals surface area contributed by atoms with Gasteiger partial charge in [-0.25, -0.2) is 0 Å². The molecule has 0 saturated heterocycles. The van der Waals surface area contributed by atoms with Crippen LogP contribution in [0.1, 0.15) is 0 Å². The summed E-state index contributed by atoms with van der Waals surface area (Å²) in [6.45, 7) is 0. The van der Waals surface area contributed by atoms with Crippen molar-refractivity contribution >= 4 is 37.5 Å². The van der Waals surface area contributed by atoms with Crippen molar-refractivity contribution in [3.63, 3.8) is 0 Å². The molecule has 0 fully saturated rings. The fourth-order valence-corrected chi connectivity index (χ4v) is 5.67. The number of thiazole rings is 1. The zero-order valence-corrected chi connectivity index (χ0v) is 19.8. The van der Waals surface area contributed by atoms with Crippen molar-refractivity contribution in [1.82, 2.24) is 19.6 Å². The fourth-order valence-electron chi connectivity index (χ4n) is 4.67. The van der Waals surface area contributed by atoms with E-state index in [1.807, 2.05) is 16.5 Å². The highest BCUT2D eigenvalue weighted by Crippen LogP contribution is 2.35. The van der Waals surface area contributed by atoms with Gasteiger partial charge in [0.15, 0.2) is 10.6 Å². The Bertz CT molecular complexity index is 1900. The maximum Gasteiger partial charge on any atom is 0.283 e. The zero-order chi connectivity index (χ0) is 24.1. The summed E-state index contributed by atoms with van der Waals surface area (Å²) in [7, 11) is 0. The van der Waals surface area contributed by atoms with Gasteiger partial charge in [0.1, 0.15) is 0 Å². The molecule has 6 heteroatoms. The SMILES string of the molecule is O=c1nc2sc3ccc(-c4cc(-c5ccccc5)cc(-c5ccccc5)c4)cc3n2c2nnccc12. The Kier molecular flexibility index (Phi) is 4.72. The summed E-state index contributed by atoms with van der Waals surface area (Å²) in [6.07, 6.45) is 1.53. The first kappa shape index (κ1) is 20.7. The van der Waals surface area contributed by atoms with Gasteiger partial charge in [-0.3, -0.25) is 9.20 Å². The van der Waals surface area contributed by atoms with E-state index in [9.17, 15) is 4.79 Å². The second kappa shape index (κ2) is 8.22. The van der Waals surface area contributed by atoms with Crippen LogP contribution in [0.3, 0.4) is 0 Å². The lowest BCUT2D eigenvalue weighted by Gasteiger charge is -2.11. The largest absolute Gasteiger partial charge is 0.283 e.